The standard InChI is InChI=1S/C56H77ClN16O9/c1-33(26-36-16-6-8-18-39(36)57)31-73-32-48(76)68-44(27-35-14-4-3-5-15-35)52(80)70-43(22-13-25-65-56(61)62)51(79)71-45(28-37-30-66-40-19-9-7-17-38(37)40)53(81)69-41(49(58)77)20-10-11-23-63-47(75)29-46(54(73)82)72-50(78)42(67-34(2)74)21-12-24-64-55(59)60/h3-9,14-19,30,33,41-46,66H,10-13,20-29,31-32H2,1-2H3,(H2,58,77)(H,63,75)(H,67,74)(H,68,76)(H,69,81)(H,70,80)(H,71,79)(H,72,78)(H4,59,60,64)(H4,61,62,65)/t33-,41-,42-,43-,44+,45-,46-/m0/s1. The van der Waals surface area contributed by atoms with Gasteiger partial charge in [-0.1, -0.05) is 85.3 Å². The molecule has 4 aromatic rings. The molecule has 1 aromatic heterocycles. The Morgan fingerprint density at radius 2 is 1.37 bits per heavy atom. The number of nitrogens with zero attached hydrogens (tertiary/aromatic N) is 3. The fraction of sp³-hybridized carbons (Fsp3) is 0.446. The minimum absolute atomic E-state index is 0.0149. The number of fused-ring (bicyclic) bond motifs is 1. The van der Waals surface area contributed by atoms with Gasteiger partial charge < -0.3 is 75.8 Å². The van der Waals surface area contributed by atoms with Gasteiger partial charge in [0.25, 0.3) is 0 Å². The number of aliphatic imine (C=N–C) groups is 2. The Morgan fingerprint density at radius 3 is 2.06 bits per heavy atom. The maximum atomic E-state index is 15.2. The van der Waals surface area contributed by atoms with Crippen molar-refractivity contribution in [1.29, 1.82) is 0 Å². The molecule has 2 heterocycles. The maximum absolute atomic E-state index is 15.2. The number of rotatable bonds is 20. The Labute approximate surface area is 480 Å². The van der Waals surface area contributed by atoms with Gasteiger partial charge in [-0.2, -0.15) is 0 Å². The van der Waals surface area contributed by atoms with Gasteiger partial charge in [-0.15, -0.1) is 0 Å². The molecule has 5 rings (SSSR count). The summed E-state index contributed by atoms with van der Waals surface area (Å²) in [5, 5.41) is 20.3. The first-order valence-electron chi connectivity index (χ1n) is 27.2. The highest BCUT2D eigenvalue weighted by Gasteiger charge is 2.35. The molecule has 9 amide bonds. The zero-order valence-corrected chi connectivity index (χ0v) is 47.0. The summed E-state index contributed by atoms with van der Waals surface area (Å²) in [6, 6.07) is 15.0. The fourth-order valence-electron chi connectivity index (χ4n) is 9.46. The number of aromatic nitrogens is 1. The van der Waals surface area contributed by atoms with E-state index in [-0.39, 0.29) is 95.9 Å². The number of carbonyl (C=O) groups excluding carboxylic acids is 9. The van der Waals surface area contributed by atoms with Crippen LogP contribution < -0.4 is 65.9 Å². The topological polar surface area (TPSA) is 412 Å². The first kappa shape index (κ1) is 64.1. The summed E-state index contributed by atoms with van der Waals surface area (Å²) in [6.07, 6.45) is 2.09. The molecule has 82 heavy (non-hydrogen) atoms. The zero-order valence-electron chi connectivity index (χ0n) is 46.2. The average molecular weight is 1150 g/mol. The second-order valence-electron chi connectivity index (χ2n) is 20.3. The molecule has 3 aromatic carbocycles. The number of guanidine groups is 2. The van der Waals surface area contributed by atoms with Crippen molar-refractivity contribution in [2.45, 2.75) is 121 Å². The summed E-state index contributed by atoms with van der Waals surface area (Å²) in [5.74, 6) is -7.77. The van der Waals surface area contributed by atoms with E-state index in [0.717, 1.165) is 16.5 Å². The number of primary amides is 1. The molecular weight excluding hydrogens is 1080 g/mol. The van der Waals surface area contributed by atoms with Crippen LogP contribution in [0.2, 0.25) is 5.02 Å². The van der Waals surface area contributed by atoms with E-state index in [1.807, 2.05) is 37.3 Å². The van der Waals surface area contributed by atoms with E-state index < -0.39 is 108 Å². The van der Waals surface area contributed by atoms with Crippen LogP contribution in [0.5, 0.6) is 0 Å². The molecule has 1 aliphatic rings. The molecule has 18 N–H and O–H groups in total. The number of hydrogen-bond donors (Lipinski definition) is 13. The number of hydrogen-bond acceptors (Lipinski definition) is 11. The van der Waals surface area contributed by atoms with Crippen molar-refractivity contribution in [3.8, 4) is 0 Å². The van der Waals surface area contributed by atoms with Gasteiger partial charge >= 0.3 is 0 Å². The molecule has 0 unspecified atom stereocenters. The molecule has 1 aliphatic heterocycles. The Bertz CT molecular complexity index is 2910. The molecule has 442 valence electrons. The molecule has 25 nitrogen and oxygen atoms in total. The molecule has 0 radical (unpaired) electrons. The Kier molecular flexibility index (Phi) is 25.4. The minimum atomic E-state index is -1.63. The molecule has 26 heteroatoms. The molecule has 7 atom stereocenters. The van der Waals surface area contributed by atoms with Crippen molar-refractivity contribution in [3.05, 3.63) is 107 Å². The van der Waals surface area contributed by atoms with E-state index in [9.17, 15) is 38.4 Å². The normalized spacial score (nSPS) is 19.9. The molecule has 1 saturated heterocycles. The van der Waals surface area contributed by atoms with Gasteiger partial charge in [0.05, 0.1) is 13.0 Å². The zero-order chi connectivity index (χ0) is 59.7. The van der Waals surface area contributed by atoms with E-state index in [2.05, 4.69) is 52.2 Å². The van der Waals surface area contributed by atoms with E-state index in [1.54, 1.807) is 54.7 Å². The van der Waals surface area contributed by atoms with Crippen LogP contribution in [-0.2, 0) is 62.4 Å². The van der Waals surface area contributed by atoms with Crippen LogP contribution >= 0.6 is 11.6 Å². The smallest absolute Gasteiger partial charge is 0.246 e. The maximum Gasteiger partial charge on any atom is 0.246 e. The monoisotopic (exact) mass is 1150 g/mol. The van der Waals surface area contributed by atoms with E-state index in [4.69, 9.17) is 40.3 Å². The van der Waals surface area contributed by atoms with Gasteiger partial charge in [0, 0.05) is 68.1 Å². The van der Waals surface area contributed by atoms with Crippen LogP contribution in [0.4, 0.5) is 0 Å². The summed E-state index contributed by atoms with van der Waals surface area (Å²) in [7, 11) is 0. The van der Waals surface area contributed by atoms with Gasteiger partial charge in [0.2, 0.25) is 53.2 Å². The number of nitrogens with two attached hydrogens (primary N) is 5. The van der Waals surface area contributed by atoms with E-state index in [0.29, 0.717) is 22.6 Å². The molecular formula is C56H77ClN16O9. The summed E-state index contributed by atoms with van der Waals surface area (Å²) in [6.45, 7) is 2.39. The Morgan fingerprint density at radius 1 is 0.732 bits per heavy atom. The van der Waals surface area contributed by atoms with Crippen molar-refractivity contribution in [2.75, 3.05) is 32.7 Å². The number of carbonyl (C=O) groups is 9. The SMILES string of the molecule is CC(=O)N[C@@H](CCCN=C(N)N)C(=O)N[C@H]1CC(=O)NCCCC[C@@H](C(N)=O)NC(=O)[C@H](Cc2c[nH]c3ccccc23)NC(=O)[C@H](CCCN=C(N)N)NC(=O)[C@@H](Cc2ccccc2)NC(=O)CN(C[C@@H](C)Cc2ccccc2Cl)C1=O. The second-order valence-corrected chi connectivity index (χ2v) is 20.7. The lowest BCUT2D eigenvalue weighted by Gasteiger charge is -2.31. The number of H-pyrrole nitrogens is 1. The van der Waals surface area contributed by atoms with Crippen molar-refractivity contribution < 1.29 is 43.2 Å². The number of aromatic amines is 1. The van der Waals surface area contributed by atoms with Crippen molar-refractivity contribution in [2.24, 2.45) is 44.6 Å². The number of amides is 9. The quantitative estimate of drug-likeness (QED) is 0.0303. The Balaban J connectivity index is 1.58. The van der Waals surface area contributed by atoms with Gasteiger partial charge in [0.15, 0.2) is 11.9 Å². The molecule has 0 bridgehead atoms. The highest BCUT2D eigenvalue weighted by atomic mass is 35.5. The minimum Gasteiger partial charge on any atom is -0.370 e. The fourth-order valence-corrected chi connectivity index (χ4v) is 9.67. The number of halogens is 1. The lowest BCUT2D eigenvalue weighted by Crippen LogP contribution is -2.59. The largest absolute Gasteiger partial charge is 0.370 e. The van der Waals surface area contributed by atoms with Gasteiger partial charge in [-0.25, -0.2) is 0 Å². The predicted molar refractivity (Wildman–Crippen MR) is 311 cm³/mol. The van der Waals surface area contributed by atoms with E-state index in [1.165, 1.54) is 11.8 Å². The van der Waals surface area contributed by atoms with Crippen molar-refractivity contribution in [1.82, 2.24) is 47.1 Å². The van der Waals surface area contributed by atoms with Crippen molar-refractivity contribution >= 4 is 87.6 Å². The summed E-state index contributed by atoms with van der Waals surface area (Å²) >= 11 is 6.57. The molecule has 0 saturated carbocycles. The third-order valence-electron chi connectivity index (χ3n) is 13.5. The van der Waals surface area contributed by atoms with Crippen LogP contribution in [0, 0.1) is 5.92 Å². The highest BCUT2D eigenvalue weighted by molar-refractivity contribution is 6.31. The van der Waals surface area contributed by atoms with Gasteiger partial charge in [-0.3, -0.25) is 53.1 Å². The third-order valence-corrected chi connectivity index (χ3v) is 13.9. The first-order chi connectivity index (χ1) is 39.2. The van der Waals surface area contributed by atoms with Crippen LogP contribution in [-0.4, -0.2) is 144 Å². The number of para-hydroxylation sites is 1. The summed E-state index contributed by atoms with van der Waals surface area (Å²) in [4.78, 5) is 139. The highest BCUT2D eigenvalue weighted by Crippen LogP contribution is 2.22. The van der Waals surface area contributed by atoms with Crippen LogP contribution in [0.25, 0.3) is 10.9 Å². The summed E-state index contributed by atoms with van der Waals surface area (Å²) in [5.41, 5.74) is 30.8. The number of benzene rings is 3. The second kappa shape index (κ2) is 32.5. The average Bonchev–Trinajstić information content (AvgIpc) is 4.02. The molecule has 0 aliphatic carbocycles. The number of nitrogens with one attached hydrogen (secondary N) is 8. The first-order valence-corrected chi connectivity index (χ1v) is 27.6. The van der Waals surface area contributed by atoms with Crippen LogP contribution in [0.15, 0.2) is 95.0 Å². The van der Waals surface area contributed by atoms with Gasteiger partial charge in [-0.05, 0) is 86.1 Å². The van der Waals surface area contributed by atoms with Crippen molar-refractivity contribution in [3.63, 3.8) is 0 Å². The molecule has 0 spiro atoms. The predicted octanol–water partition coefficient (Wildman–Crippen LogP) is -0.475. The van der Waals surface area contributed by atoms with E-state index >= 15 is 4.79 Å². The molecule has 1 fully saturated rings. The Hall–Kier alpha value is -8.74. The lowest BCUT2D eigenvalue weighted by atomic mass is 9.99. The van der Waals surface area contributed by atoms with Crippen LogP contribution in [0.3, 0.4) is 0 Å². The van der Waals surface area contributed by atoms with Crippen LogP contribution in [0.1, 0.15) is 81.9 Å². The summed E-state index contributed by atoms with van der Waals surface area (Å²) < 4.78 is 0. The lowest BCUT2D eigenvalue weighted by molar-refractivity contribution is -0.142. The van der Waals surface area contributed by atoms with Gasteiger partial charge in [0.1, 0.15) is 36.3 Å². The third kappa shape index (κ3) is 21.4.